The number of halogens is 2. The second-order valence-electron chi connectivity index (χ2n) is 5.50. The molecule has 0 fully saturated rings. The third-order valence-electron chi connectivity index (χ3n) is 3.66. The van der Waals surface area contributed by atoms with Gasteiger partial charge in [-0.3, -0.25) is 0 Å². The molecule has 4 nitrogen and oxygen atoms in total. The van der Waals surface area contributed by atoms with Crippen LogP contribution in [0.2, 0.25) is 0 Å². The fraction of sp³-hybridized carbons (Fsp3) is 0.200. The fourth-order valence-electron chi connectivity index (χ4n) is 2.60. The van der Waals surface area contributed by atoms with Gasteiger partial charge in [0.15, 0.2) is 0 Å². The molecule has 3 rings (SSSR count). The molecule has 0 radical (unpaired) electrons. The van der Waals surface area contributed by atoms with Crippen LogP contribution in [0.4, 0.5) is 3.89 Å². The lowest BCUT2D eigenvalue weighted by Crippen LogP contribution is -2.24. The summed E-state index contributed by atoms with van der Waals surface area (Å²) in [7, 11) is -5.06. The Hall–Kier alpha value is -1.60. The van der Waals surface area contributed by atoms with Gasteiger partial charge in [-0.1, -0.05) is 33.7 Å². The molecule has 7 heteroatoms. The molecule has 0 spiro atoms. The van der Waals surface area contributed by atoms with Crippen LogP contribution in [-0.4, -0.2) is 8.42 Å². The average molecular weight is 387 g/mol. The average Bonchev–Trinajstić information content (AvgIpc) is 2.39. The zero-order chi connectivity index (χ0) is 16.1. The Balaban J connectivity index is 2.13. The minimum Gasteiger partial charge on any atom is -0.457 e. The highest BCUT2D eigenvalue weighted by molar-refractivity contribution is 9.10. The lowest BCUT2D eigenvalue weighted by molar-refractivity contribution is 0.411. The molecule has 2 aromatic carbocycles. The maximum Gasteiger partial charge on any atom is 0.488 e. The first-order chi connectivity index (χ1) is 10.2. The smallest absolute Gasteiger partial charge is 0.457 e. The topological polar surface area (TPSA) is 52.6 Å². The molecule has 1 aliphatic rings. The summed E-state index contributed by atoms with van der Waals surface area (Å²) in [5.74, 6) is 1.23. The standard InChI is InChI=1S/C15H12BrFO4S/c1-15(2)11-7-9(16)3-5-13(11)20-14-6-4-10(8-12(14)15)21-22(17,18)19/h3-8H,1-2H3. The van der Waals surface area contributed by atoms with Gasteiger partial charge in [-0.05, 0) is 36.4 Å². The minimum absolute atomic E-state index is 0.0867. The molecular weight excluding hydrogens is 375 g/mol. The lowest BCUT2D eigenvalue weighted by atomic mass is 9.76. The van der Waals surface area contributed by atoms with Crippen molar-refractivity contribution in [3.8, 4) is 17.2 Å². The maximum absolute atomic E-state index is 12.7. The first kappa shape index (κ1) is 15.3. The summed E-state index contributed by atoms with van der Waals surface area (Å²) in [5.41, 5.74) is 1.21. The molecule has 116 valence electrons. The summed E-state index contributed by atoms with van der Waals surface area (Å²) in [5, 5.41) is 0. The molecule has 0 saturated carbocycles. The van der Waals surface area contributed by atoms with Crippen molar-refractivity contribution >= 4 is 26.4 Å². The molecule has 22 heavy (non-hydrogen) atoms. The highest BCUT2D eigenvalue weighted by Crippen LogP contribution is 2.49. The second kappa shape index (κ2) is 4.96. The van der Waals surface area contributed by atoms with Crippen LogP contribution in [0.3, 0.4) is 0 Å². The molecule has 1 heterocycles. The van der Waals surface area contributed by atoms with Crippen LogP contribution in [0.5, 0.6) is 17.2 Å². The highest BCUT2D eigenvalue weighted by Gasteiger charge is 2.35. The van der Waals surface area contributed by atoms with E-state index < -0.39 is 15.9 Å². The monoisotopic (exact) mass is 386 g/mol. The van der Waals surface area contributed by atoms with Gasteiger partial charge in [0.2, 0.25) is 0 Å². The van der Waals surface area contributed by atoms with Crippen molar-refractivity contribution in [2.45, 2.75) is 19.3 Å². The third-order valence-corrected chi connectivity index (χ3v) is 4.54. The van der Waals surface area contributed by atoms with Gasteiger partial charge in [0.1, 0.15) is 17.2 Å². The van der Waals surface area contributed by atoms with E-state index in [0.29, 0.717) is 5.75 Å². The molecule has 0 N–H and O–H groups in total. The van der Waals surface area contributed by atoms with Gasteiger partial charge in [-0.25, -0.2) is 0 Å². The largest absolute Gasteiger partial charge is 0.488 e. The van der Waals surface area contributed by atoms with Crippen LogP contribution in [0, 0.1) is 0 Å². The number of ether oxygens (including phenoxy) is 1. The summed E-state index contributed by atoms with van der Waals surface area (Å²) in [6.07, 6.45) is 0. The minimum atomic E-state index is -5.06. The summed E-state index contributed by atoms with van der Waals surface area (Å²) in [6, 6.07) is 10.1. The molecular formula is C15H12BrFO4S. The Morgan fingerprint density at radius 3 is 2.32 bits per heavy atom. The van der Waals surface area contributed by atoms with Gasteiger partial charge < -0.3 is 8.92 Å². The zero-order valence-corrected chi connectivity index (χ0v) is 14.2. The van der Waals surface area contributed by atoms with E-state index in [0.717, 1.165) is 21.3 Å². The second-order valence-corrected chi connectivity index (χ2v) is 7.37. The number of hydrogen-bond acceptors (Lipinski definition) is 4. The van der Waals surface area contributed by atoms with E-state index in [4.69, 9.17) is 4.74 Å². The summed E-state index contributed by atoms with van der Waals surface area (Å²) >= 11 is 3.43. The normalized spacial score (nSPS) is 15.5. The Kier molecular flexibility index (Phi) is 3.45. The van der Waals surface area contributed by atoms with Crippen molar-refractivity contribution in [1.29, 1.82) is 0 Å². The van der Waals surface area contributed by atoms with Crippen LogP contribution in [0.25, 0.3) is 0 Å². The summed E-state index contributed by atoms with van der Waals surface area (Å²) < 4.78 is 45.1. The van der Waals surface area contributed by atoms with Crippen molar-refractivity contribution < 1.29 is 21.2 Å². The van der Waals surface area contributed by atoms with Crippen molar-refractivity contribution in [3.63, 3.8) is 0 Å². The van der Waals surface area contributed by atoms with Gasteiger partial charge in [0, 0.05) is 21.0 Å². The van der Waals surface area contributed by atoms with E-state index in [-0.39, 0.29) is 5.75 Å². The molecule has 0 amide bonds. The lowest BCUT2D eigenvalue weighted by Gasteiger charge is -2.34. The van der Waals surface area contributed by atoms with Crippen molar-refractivity contribution in [3.05, 3.63) is 52.0 Å². The molecule has 0 bridgehead atoms. The van der Waals surface area contributed by atoms with Gasteiger partial charge in [-0.2, -0.15) is 8.42 Å². The number of benzene rings is 2. The van der Waals surface area contributed by atoms with E-state index in [2.05, 4.69) is 20.1 Å². The summed E-state index contributed by atoms with van der Waals surface area (Å²) in [4.78, 5) is 0. The Labute approximate surface area is 136 Å². The van der Waals surface area contributed by atoms with Crippen LogP contribution in [-0.2, 0) is 15.9 Å². The van der Waals surface area contributed by atoms with Crippen LogP contribution >= 0.6 is 15.9 Å². The predicted octanol–water partition coefficient (Wildman–Crippen LogP) is 4.47. The number of fused-ring (bicyclic) bond motifs is 2. The first-order valence-corrected chi connectivity index (χ1v) is 8.53. The molecule has 0 aliphatic carbocycles. The number of rotatable bonds is 2. The Morgan fingerprint density at radius 1 is 1.09 bits per heavy atom. The quantitative estimate of drug-likeness (QED) is 0.714. The first-order valence-electron chi connectivity index (χ1n) is 6.43. The van der Waals surface area contributed by atoms with E-state index in [1.54, 1.807) is 6.07 Å². The van der Waals surface area contributed by atoms with Crippen molar-refractivity contribution in [2.75, 3.05) is 0 Å². The SMILES string of the molecule is CC1(C)c2cc(Br)ccc2Oc2ccc(OS(=O)(=O)F)cc21. The van der Waals surface area contributed by atoms with Crippen LogP contribution < -0.4 is 8.92 Å². The van der Waals surface area contributed by atoms with Crippen LogP contribution in [0.1, 0.15) is 25.0 Å². The zero-order valence-electron chi connectivity index (χ0n) is 11.8. The highest BCUT2D eigenvalue weighted by atomic mass is 79.9. The van der Waals surface area contributed by atoms with Crippen molar-refractivity contribution in [2.24, 2.45) is 0 Å². The predicted molar refractivity (Wildman–Crippen MR) is 83.4 cm³/mol. The molecule has 2 aromatic rings. The molecule has 0 aromatic heterocycles. The fourth-order valence-corrected chi connectivity index (χ4v) is 3.29. The maximum atomic E-state index is 12.7. The van der Waals surface area contributed by atoms with Gasteiger partial charge in [0.25, 0.3) is 0 Å². The van der Waals surface area contributed by atoms with Gasteiger partial charge >= 0.3 is 10.5 Å². The van der Waals surface area contributed by atoms with Crippen LogP contribution in [0.15, 0.2) is 40.9 Å². The van der Waals surface area contributed by atoms with E-state index in [1.807, 2.05) is 32.0 Å². The Bertz CT molecular complexity index is 862. The van der Waals surface area contributed by atoms with E-state index in [9.17, 15) is 12.3 Å². The van der Waals surface area contributed by atoms with Gasteiger partial charge in [-0.15, -0.1) is 0 Å². The molecule has 0 saturated heterocycles. The third kappa shape index (κ3) is 2.70. The van der Waals surface area contributed by atoms with E-state index in [1.165, 1.54) is 12.1 Å². The molecule has 0 unspecified atom stereocenters. The molecule has 1 aliphatic heterocycles. The van der Waals surface area contributed by atoms with Crippen molar-refractivity contribution in [1.82, 2.24) is 0 Å². The Morgan fingerprint density at radius 2 is 1.68 bits per heavy atom. The van der Waals surface area contributed by atoms with Gasteiger partial charge in [0.05, 0.1) is 0 Å². The molecule has 0 atom stereocenters. The number of hydrogen-bond donors (Lipinski definition) is 0. The van der Waals surface area contributed by atoms with E-state index >= 15 is 0 Å². The summed E-state index contributed by atoms with van der Waals surface area (Å²) in [6.45, 7) is 3.96.